The molecule has 0 atom stereocenters. The minimum atomic E-state index is -0.410. The quantitative estimate of drug-likeness (QED) is 0.670. The topological polar surface area (TPSA) is 85.0 Å². The smallest absolute Gasteiger partial charge is 0.263 e. The lowest BCUT2D eigenvalue weighted by Crippen LogP contribution is -2.03. The molecule has 7 nitrogen and oxygen atoms in total. The van der Waals surface area contributed by atoms with E-state index in [2.05, 4.69) is 25.9 Å². The molecule has 9 heteroatoms. The molecule has 2 aromatic carbocycles. The van der Waals surface area contributed by atoms with Gasteiger partial charge in [0.05, 0.1) is 12.1 Å². The van der Waals surface area contributed by atoms with Gasteiger partial charge in [-0.2, -0.15) is 5.21 Å². The van der Waals surface area contributed by atoms with Crippen LogP contribution >= 0.6 is 11.6 Å². The monoisotopic (exact) mass is 363 g/mol. The van der Waals surface area contributed by atoms with Crippen LogP contribution in [0.4, 0.5) is 10.3 Å². The first kappa shape index (κ1) is 17.0. The summed E-state index contributed by atoms with van der Waals surface area (Å²) in [6.07, 6.45) is 0. The molecule has 3 aromatic rings. The molecule has 25 heavy (non-hydrogen) atoms. The zero-order chi connectivity index (χ0) is 17.6. The Morgan fingerprint density at radius 2 is 2.12 bits per heavy atom. The molecule has 0 amide bonds. The molecule has 0 radical (unpaired) electrons. The highest BCUT2D eigenvalue weighted by Crippen LogP contribution is 2.30. The second-order valence-corrected chi connectivity index (χ2v) is 5.47. The lowest BCUT2D eigenvalue weighted by atomic mass is 10.2. The Kier molecular flexibility index (Phi) is 5.30. The van der Waals surface area contributed by atoms with Crippen LogP contribution in [0.2, 0.25) is 5.02 Å². The van der Waals surface area contributed by atoms with Crippen LogP contribution < -0.4 is 14.8 Å². The van der Waals surface area contributed by atoms with Gasteiger partial charge in [0.15, 0.2) is 11.5 Å². The largest absolute Gasteiger partial charge is 0.493 e. The molecule has 0 spiro atoms. The van der Waals surface area contributed by atoms with E-state index >= 15 is 0 Å². The number of anilines is 1. The van der Waals surface area contributed by atoms with E-state index in [1.165, 1.54) is 13.2 Å². The third kappa shape index (κ3) is 4.16. The number of H-pyrrole nitrogens is 1. The number of nitrogens with zero attached hydrogens (tertiary/aromatic N) is 3. The summed E-state index contributed by atoms with van der Waals surface area (Å²) in [6.45, 7) is 0.484. The lowest BCUT2D eigenvalue weighted by Gasteiger charge is -2.13. The average Bonchev–Trinajstić information content (AvgIpc) is 3.13. The van der Waals surface area contributed by atoms with E-state index in [0.29, 0.717) is 34.6 Å². The average molecular weight is 364 g/mol. The van der Waals surface area contributed by atoms with E-state index < -0.39 is 5.82 Å². The van der Waals surface area contributed by atoms with Crippen molar-refractivity contribution >= 4 is 17.5 Å². The van der Waals surface area contributed by atoms with Crippen molar-refractivity contribution in [3.05, 3.63) is 58.4 Å². The summed E-state index contributed by atoms with van der Waals surface area (Å²) in [5.41, 5.74) is 1.23. The Balaban J connectivity index is 1.69. The Morgan fingerprint density at radius 1 is 1.24 bits per heavy atom. The number of aromatic amines is 1. The van der Waals surface area contributed by atoms with Crippen LogP contribution in [0.1, 0.15) is 11.1 Å². The minimum absolute atomic E-state index is 0.00230. The third-order valence-corrected chi connectivity index (χ3v) is 3.81. The van der Waals surface area contributed by atoms with Gasteiger partial charge in [-0.05, 0) is 35.0 Å². The maximum absolute atomic E-state index is 13.8. The van der Waals surface area contributed by atoms with Crippen LogP contribution in [0.5, 0.6) is 11.5 Å². The van der Waals surface area contributed by atoms with Crippen LogP contribution in [-0.4, -0.2) is 27.7 Å². The molecule has 0 aliphatic heterocycles. The highest BCUT2D eigenvalue weighted by molar-refractivity contribution is 6.31. The number of tetrazole rings is 1. The van der Waals surface area contributed by atoms with Gasteiger partial charge in [-0.3, -0.25) is 0 Å². The van der Waals surface area contributed by atoms with Crippen molar-refractivity contribution in [1.82, 2.24) is 20.6 Å². The molecule has 130 valence electrons. The van der Waals surface area contributed by atoms with Crippen LogP contribution in [0.25, 0.3) is 0 Å². The number of methoxy groups -OCH3 is 1. The van der Waals surface area contributed by atoms with Crippen molar-refractivity contribution in [2.75, 3.05) is 12.4 Å². The molecule has 0 aliphatic carbocycles. The SMILES string of the molecule is COc1cc(CNc2nn[nH]n2)ccc1OCc1c(F)cccc1Cl. The zero-order valence-corrected chi connectivity index (χ0v) is 14.0. The summed E-state index contributed by atoms with van der Waals surface area (Å²) >= 11 is 6.01. The van der Waals surface area contributed by atoms with Gasteiger partial charge in [-0.15, -0.1) is 5.10 Å². The fourth-order valence-corrected chi connectivity index (χ4v) is 2.40. The minimum Gasteiger partial charge on any atom is -0.493 e. The number of hydrogen-bond acceptors (Lipinski definition) is 6. The molecule has 0 fully saturated rings. The van der Waals surface area contributed by atoms with Gasteiger partial charge in [-0.1, -0.05) is 28.8 Å². The predicted octanol–water partition coefficient (Wildman–Crippen LogP) is 3.19. The standard InChI is InChI=1S/C16H15ClFN5O2/c1-24-15-7-10(8-19-16-20-22-23-21-16)5-6-14(15)25-9-11-12(17)3-2-4-13(11)18/h2-7H,8-9H2,1H3,(H2,19,20,21,22,23). The number of halogens is 2. The van der Waals surface area contributed by atoms with Crippen molar-refractivity contribution in [3.63, 3.8) is 0 Å². The summed E-state index contributed by atoms with van der Waals surface area (Å²) in [7, 11) is 1.54. The van der Waals surface area contributed by atoms with Crippen molar-refractivity contribution < 1.29 is 13.9 Å². The van der Waals surface area contributed by atoms with Crippen molar-refractivity contribution in [2.24, 2.45) is 0 Å². The predicted molar refractivity (Wildman–Crippen MR) is 90.2 cm³/mol. The van der Waals surface area contributed by atoms with Crippen LogP contribution in [0, 0.1) is 5.82 Å². The molecule has 1 heterocycles. The van der Waals surface area contributed by atoms with Crippen molar-refractivity contribution in [1.29, 1.82) is 0 Å². The fraction of sp³-hybridized carbons (Fsp3) is 0.188. The van der Waals surface area contributed by atoms with Crippen LogP contribution in [-0.2, 0) is 13.2 Å². The zero-order valence-electron chi connectivity index (χ0n) is 13.3. The third-order valence-electron chi connectivity index (χ3n) is 3.46. The highest BCUT2D eigenvalue weighted by Gasteiger charge is 2.11. The molecule has 3 rings (SSSR count). The number of aromatic nitrogens is 4. The molecular formula is C16H15ClFN5O2. The van der Waals surface area contributed by atoms with Crippen LogP contribution in [0.3, 0.4) is 0 Å². The van der Waals surface area contributed by atoms with Gasteiger partial charge >= 0.3 is 0 Å². The normalized spacial score (nSPS) is 10.5. The second kappa shape index (κ2) is 7.80. The number of hydrogen-bond donors (Lipinski definition) is 2. The van der Waals surface area contributed by atoms with Crippen LogP contribution in [0.15, 0.2) is 36.4 Å². The number of nitrogens with one attached hydrogen (secondary N) is 2. The molecule has 2 N–H and O–H groups in total. The van der Waals surface area contributed by atoms with Crippen molar-refractivity contribution in [2.45, 2.75) is 13.2 Å². The first-order valence-corrected chi connectivity index (χ1v) is 7.75. The molecule has 1 aromatic heterocycles. The molecule has 0 saturated heterocycles. The Labute approximate surface area is 148 Å². The Hall–Kier alpha value is -2.87. The maximum atomic E-state index is 13.8. The maximum Gasteiger partial charge on any atom is 0.263 e. The number of ether oxygens (including phenoxy) is 2. The highest BCUT2D eigenvalue weighted by atomic mass is 35.5. The van der Waals surface area contributed by atoms with Gasteiger partial charge in [0, 0.05) is 12.1 Å². The molecule has 0 bridgehead atoms. The first-order valence-electron chi connectivity index (χ1n) is 7.37. The number of rotatable bonds is 7. The summed E-state index contributed by atoms with van der Waals surface area (Å²) < 4.78 is 24.8. The Morgan fingerprint density at radius 3 is 2.84 bits per heavy atom. The van der Waals surface area contributed by atoms with Gasteiger partial charge in [0.1, 0.15) is 12.4 Å². The van der Waals surface area contributed by atoms with E-state index in [-0.39, 0.29) is 6.61 Å². The van der Waals surface area contributed by atoms with E-state index in [1.54, 1.807) is 18.2 Å². The molecule has 0 saturated carbocycles. The first-order chi connectivity index (χ1) is 12.2. The summed E-state index contributed by atoms with van der Waals surface area (Å²) in [5.74, 6) is 1.01. The van der Waals surface area contributed by atoms with Gasteiger partial charge in [-0.25, -0.2) is 4.39 Å². The fourth-order valence-electron chi connectivity index (χ4n) is 2.18. The van der Waals surface area contributed by atoms with Crippen molar-refractivity contribution in [3.8, 4) is 11.5 Å². The molecular weight excluding hydrogens is 349 g/mol. The van der Waals surface area contributed by atoms with Gasteiger partial charge < -0.3 is 14.8 Å². The van der Waals surface area contributed by atoms with E-state index in [4.69, 9.17) is 21.1 Å². The van der Waals surface area contributed by atoms with E-state index in [9.17, 15) is 4.39 Å². The van der Waals surface area contributed by atoms with Gasteiger partial charge in [0.25, 0.3) is 5.95 Å². The van der Waals surface area contributed by atoms with E-state index in [1.807, 2.05) is 12.1 Å². The molecule has 0 unspecified atom stereocenters. The molecule has 0 aliphatic rings. The van der Waals surface area contributed by atoms with E-state index in [0.717, 1.165) is 5.56 Å². The second-order valence-electron chi connectivity index (χ2n) is 5.06. The van der Waals surface area contributed by atoms with Gasteiger partial charge in [0.2, 0.25) is 0 Å². The summed E-state index contributed by atoms with van der Waals surface area (Å²) in [4.78, 5) is 0. The number of benzene rings is 2. The summed E-state index contributed by atoms with van der Waals surface area (Å²) in [5, 5.41) is 16.8. The summed E-state index contributed by atoms with van der Waals surface area (Å²) in [6, 6.07) is 9.93. The Bertz CT molecular complexity index is 824. The lowest BCUT2D eigenvalue weighted by molar-refractivity contribution is 0.279.